The Kier molecular flexibility index (Phi) is 5.72. The average molecular weight is 388 g/mol. The molecule has 1 aromatic carbocycles. The molecule has 0 saturated carbocycles. The maximum absolute atomic E-state index is 12.9. The maximum Gasteiger partial charge on any atom is 0.344 e. The van der Waals surface area contributed by atoms with Gasteiger partial charge in [-0.05, 0) is 25.0 Å². The van der Waals surface area contributed by atoms with Gasteiger partial charge in [-0.15, -0.1) is 0 Å². The Balaban J connectivity index is 1.76. The Labute approximate surface area is 161 Å². The van der Waals surface area contributed by atoms with Gasteiger partial charge in [0.05, 0.1) is 17.7 Å². The van der Waals surface area contributed by atoms with E-state index in [2.05, 4.69) is 5.32 Å². The van der Waals surface area contributed by atoms with E-state index in [1.54, 1.807) is 0 Å². The van der Waals surface area contributed by atoms with Crippen molar-refractivity contribution in [2.24, 2.45) is 0 Å². The molecule has 1 unspecified atom stereocenters. The number of piperidine rings is 1. The average Bonchev–Trinajstić information content (AvgIpc) is 2.92. The molecule has 0 aliphatic carbocycles. The Hall–Kier alpha value is -3.23. The van der Waals surface area contributed by atoms with Gasteiger partial charge in [0.25, 0.3) is 11.8 Å². The van der Waals surface area contributed by atoms with E-state index in [0.29, 0.717) is 0 Å². The number of carbonyl (C=O) groups is 5. The molecule has 1 N–H and O–H groups in total. The van der Waals surface area contributed by atoms with Gasteiger partial charge in [-0.2, -0.15) is 0 Å². The Morgan fingerprint density at radius 2 is 2.00 bits per heavy atom. The van der Waals surface area contributed by atoms with Crippen molar-refractivity contribution in [1.82, 2.24) is 10.2 Å². The zero-order valence-electron chi connectivity index (χ0n) is 15.4. The summed E-state index contributed by atoms with van der Waals surface area (Å²) in [5.41, 5.74) is 0.0881. The Bertz CT molecular complexity index is 849. The number of unbranched alkanes of at least 4 members (excludes halogenated alkanes) is 1. The Morgan fingerprint density at radius 1 is 1.21 bits per heavy atom. The number of ether oxygens (including phenoxy) is 2. The number of amides is 4. The SMILES string of the molecule is CCCCOC(=O)COc1cccc2c1C(=O)N(C1CCC(=O)NC1=O)C2=O. The summed E-state index contributed by atoms with van der Waals surface area (Å²) in [4.78, 5) is 61.5. The number of esters is 1. The molecule has 1 atom stereocenters. The first-order valence-electron chi connectivity index (χ1n) is 9.07. The van der Waals surface area contributed by atoms with Crippen LogP contribution in [0.5, 0.6) is 5.75 Å². The van der Waals surface area contributed by atoms with Crippen LogP contribution in [-0.2, 0) is 19.1 Å². The third-order valence-electron chi connectivity index (χ3n) is 4.54. The fraction of sp³-hybridized carbons (Fsp3) is 0.421. The first kappa shape index (κ1) is 19.5. The van der Waals surface area contributed by atoms with Crippen molar-refractivity contribution >= 4 is 29.6 Å². The van der Waals surface area contributed by atoms with E-state index in [9.17, 15) is 24.0 Å². The van der Waals surface area contributed by atoms with E-state index in [-0.39, 0.29) is 36.3 Å². The molecule has 2 aliphatic heterocycles. The van der Waals surface area contributed by atoms with Gasteiger partial charge in [-0.3, -0.25) is 29.4 Å². The summed E-state index contributed by atoms with van der Waals surface area (Å²) in [5.74, 6) is -2.96. The van der Waals surface area contributed by atoms with Crippen molar-refractivity contribution in [3.05, 3.63) is 29.3 Å². The molecule has 1 fully saturated rings. The number of rotatable bonds is 7. The van der Waals surface area contributed by atoms with Gasteiger partial charge in [0, 0.05) is 6.42 Å². The molecular weight excluding hydrogens is 368 g/mol. The fourth-order valence-electron chi connectivity index (χ4n) is 3.11. The fourth-order valence-corrected chi connectivity index (χ4v) is 3.11. The summed E-state index contributed by atoms with van der Waals surface area (Å²) in [6.07, 6.45) is 1.72. The zero-order chi connectivity index (χ0) is 20.3. The minimum absolute atomic E-state index is 0.00134. The van der Waals surface area contributed by atoms with Crippen molar-refractivity contribution in [3.8, 4) is 5.75 Å². The topological polar surface area (TPSA) is 119 Å². The van der Waals surface area contributed by atoms with Crippen molar-refractivity contribution in [1.29, 1.82) is 0 Å². The maximum atomic E-state index is 12.9. The van der Waals surface area contributed by atoms with Crippen LogP contribution >= 0.6 is 0 Å². The lowest BCUT2D eigenvalue weighted by atomic mass is 10.0. The minimum Gasteiger partial charge on any atom is -0.481 e. The lowest BCUT2D eigenvalue weighted by Crippen LogP contribution is -2.54. The third-order valence-corrected chi connectivity index (χ3v) is 4.54. The summed E-state index contributed by atoms with van der Waals surface area (Å²) in [5, 5.41) is 2.14. The molecule has 0 radical (unpaired) electrons. The Morgan fingerprint density at radius 3 is 2.71 bits per heavy atom. The van der Waals surface area contributed by atoms with Crippen LogP contribution in [0, 0.1) is 0 Å². The van der Waals surface area contributed by atoms with E-state index in [0.717, 1.165) is 17.7 Å². The van der Waals surface area contributed by atoms with Crippen molar-refractivity contribution in [2.45, 2.75) is 38.6 Å². The van der Waals surface area contributed by atoms with Gasteiger partial charge in [0.2, 0.25) is 11.8 Å². The predicted molar refractivity (Wildman–Crippen MR) is 94.5 cm³/mol. The van der Waals surface area contributed by atoms with Crippen LogP contribution in [0.2, 0.25) is 0 Å². The van der Waals surface area contributed by atoms with Crippen LogP contribution in [0.3, 0.4) is 0 Å². The molecule has 3 rings (SSSR count). The van der Waals surface area contributed by atoms with Crippen LogP contribution in [0.1, 0.15) is 53.3 Å². The number of nitrogens with zero attached hydrogens (tertiary/aromatic N) is 1. The lowest BCUT2D eigenvalue weighted by Gasteiger charge is -2.27. The molecule has 0 spiro atoms. The molecule has 0 bridgehead atoms. The molecule has 2 heterocycles. The van der Waals surface area contributed by atoms with Gasteiger partial charge in [0.1, 0.15) is 11.8 Å². The largest absolute Gasteiger partial charge is 0.481 e. The van der Waals surface area contributed by atoms with Gasteiger partial charge >= 0.3 is 5.97 Å². The number of imide groups is 2. The summed E-state index contributed by atoms with van der Waals surface area (Å²) in [6.45, 7) is 1.85. The first-order valence-corrected chi connectivity index (χ1v) is 9.07. The van der Waals surface area contributed by atoms with E-state index < -0.39 is 42.2 Å². The van der Waals surface area contributed by atoms with Gasteiger partial charge in [-0.1, -0.05) is 19.4 Å². The molecule has 9 heteroatoms. The standard InChI is InChI=1S/C19H20N2O7/c1-2-3-9-27-15(23)10-28-13-6-4-5-11-16(13)19(26)21(18(11)25)12-7-8-14(22)20-17(12)24/h4-6,12H,2-3,7-10H2,1H3,(H,20,22,24). The molecule has 1 aromatic rings. The molecule has 148 valence electrons. The second kappa shape index (κ2) is 8.20. The second-order valence-corrected chi connectivity index (χ2v) is 6.49. The van der Waals surface area contributed by atoms with E-state index >= 15 is 0 Å². The number of hydrogen-bond donors (Lipinski definition) is 1. The van der Waals surface area contributed by atoms with E-state index in [4.69, 9.17) is 9.47 Å². The lowest BCUT2D eigenvalue weighted by molar-refractivity contribution is -0.146. The summed E-state index contributed by atoms with van der Waals surface area (Å²) < 4.78 is 10.4. The molecule has 1 saturated heterocycles. The van der Waals surface area contributed by atoms with Crippen LogP contribution < -0.4 is 10.1 Å². The number of hydrogen-bond acceptors (Lipinski definition) is 7. The smallest absolute Gasteiger partial charge is 0.344 e. The monoisotopic (exact) mass is 388 g/mol. The molecule has 28 heavy (non-hydrogen) atoms. The summed E-state index contributed by atoms with van der Waals surface area (Å²) >= 11 is 0. The van der Waals surface area contributed by atoms with Gasteiger partial charge in [0.15, 0.2) is 6.61 Å². The summed E-state index contributed by atoms with van der Waals surface area (Å²) in [7, 11) is 0. The van der Waals surface area contributed by atoms with Crippen LogP contribution in [0.4, 0.5) is 0 Å². The van der Waals surface area contributed by atoms with E-state index in [1.165, 1.54) is 18.2 Å². The first-order chi connectivity index (χ1) is 13.4. The molecule has 2 aliphatic rings. The van der Waals surface area contributed by atoms with Crippen molar-refractivity contribution < 1.29 is 33.4 Å². The number of nitrogens with one attached hydrogen (secondary N) is 1. The molecule has 0 aromatic heterocycles. The third kappa shape index (κ3) is 3.73. The molecule has 9 nitrogen and oxygen atoms in total. The van der Waals surface area contributed by atoms with Gasteiger partial charge < -0.3 is 9.47 Å². The number of benzene rings is 1. The van der Waals surface area contributed by atoms with E-state index in [1.807, 2.05) is 6.92 Å². The van der Waals surface area contributed by atoms with Crippen LogP contribution in [0.25, 0.3) is 0 Å². The number of carbonyl (C=O) groups excluding carboxylic acids is 5. The highest BCUT2D eigenvalue weighted by molar-refractivity contribution is 6.24. The highest BCUT2D eigenvalue weighted by Gasteiger charge is 2.46. The normalized spacial score (nSPS) is 18.8. The van der Waals surface area contributed by atoms with Crippen LogP contribution in [0.15, 0.2) is 18.2 Å². The minimum atomic E-state index is -1.06. The number of fused-ring (bicyclic) bond motifs is 1. The van der Waals surface area contributed by atoms with Crippen LogP contribution in [-0.4, -0.2) is 53.8 Å². The highest BCUT2D eigenvalue weighted by Crippen LogP contribution is 2.33. The second-order valence-electron chi connectivity index (χ2n) is 6.49. The molecule has 4 amide bonds. The molecular formula is C19H20N2O7. The zero-order valence-corrected chi connectivity index (χ0v) is 15.4. The van der Waals surface area contributed by atoms with Crippen molar-refractivity contribution in [2.75, 3.05) is 13.2 Å². The quantitative estimate of drug-likeness (QED) is 0.417. The summed E-state index contributed by atoms with van der Waals surface area (Å²) in [6, 6.07) is 3.39. The predicted octanol–water partition coefficient (Wildman–Crippen LogP) is 0.810. The van der Waals surface area contributed by atoms with Crippen molar-refractivity contribution in [3.63, 3.8) is 0 Å². The highest BCUT2D eigenvalue weighted by atomic mass is 16.6. The van der Waals surface area contributed by atoms with Gasteiger partial charge in [-0.25, -0.2) is 4.79 Å².